The van der Waals surface area contributed by atoms with Crippen molar-refractivity contribution < 1.29 is 9.53 Å². The van der Waals surface area contributed by atoms with E-state index < -0.39 is 0 Å². The van der Waals surface area contributed by atoms with Gasteiger partial charge < -0.3 is 4.74 Å². The molecule has 0 aromatic heterocycles. The van der Waals surface area contributed by atoms with E-state index in [1.54, 1.807) is 0 Å². The first kappa shape index (κ1) is 12.6. The zero-order valence-electron chi connectivity index (χ0n) is 9.35. The van der Waals surface area contributed by atoms with Gasteiger partial charge in [0.05, 0.1) is 6.61 Å². The molecule has 0 aromatic carbocycles. The Kier molecular flexibility index (Phi) is 5.97. The Bertz CT molecular complexity index is 145. The zero-order valence-corrected chi connectivity index (χ0v) is 9.35. The first-order chi connectivity index (χ1) is 5.98. The lowest BCUT2D eigenvalue weighted by molar-refractivity contribution is -0.127. The molecule has 0 heterocycles. The quantitative estimate of drug-likeness (QED) is 0.596. The number of Topliss-reactive ketones (excluding diaryl/α,β-unsaturated/α-hetero) is 1. The van der Waals surface area contributed by atoms with Crippen molar-refractivity contribution in [2.24, 2.45) is 5.41 Å². The van der Waals surface area contributed by atoms with Crippen LogP contribution >= 0.6 is 0 Å². The smallest absolute Gasteiger partial charge is 0.140 e. The molecule has 0 amide bonds. The summed E-state index contributed by atoms with van der Waals surface area (Å²) in [6.45, 7) is 9.33. The maximum Gasteiger partial charge on any atom is 0.140 e. The van der Waals surface area contributed by atoms with Gasteiger partial charge >= 0.3 is 0 Å². The van der Waals surface area contributed by atoms with Crippen LogP contribution in [0, 0.1) is 5.41 Å². The van der Waals surface area contributed by atoms with E-state index in [0.29, 0.717) is 13.0 Å². The van der Waals surface area contributed by atoms with E-state index in [4.69, 9.17) is 4.74 Å². The van der Waals surface area contributed by atoms with Crippen LogP contribution in [0.25, 0.3) is 0 Å². The summed E-state index contributed by atoms with van der Waals surface area (Å²) in [5, 5.41) is 0. The molecule has 0 aliphatic carbocycles. The van der Waals surface area contributed by atoms with Crippen LogP contribution in [0.2, 0.25) is 0 Å². The maximum atomic E-state index is 11.4. The molecule has 0 spiro atoms. The Hall–Kier alpha value is -0.370. The standard InChI is InChI=1S/C11H22O2/c1-5-6-8-13-9-7-10(12)11(2,3)4/h5-9H2,1-4H3. The second-order valence-electron chi connectivity index (χ2n) is 4.39. The van der Waals surface area contributed by atoms with Crippen molar-refractivity contribution in [2.75, 3.05) is 13.2 Å². The highest BCUT2D eigenvalue weighted by atomic mass is 16.5. The number of carbonyl (C=O) groups excluding carboxylic acids is 1. The lowest BCUT2D eigenvalue weighted by Gasteiger charge is -2.16. The number of hydrogen-bond donors (Lipinski definition) is 0. The van der Waals surface area contributed by atoms with Crippen LogP contribution in [0.1, 0.15) is 47.0 Å². The maximum absolute atomic E-state index is 11.4. The number of unbranched alkanes of at least 4 members (excludes halogenated alkanes) is 1. The number of ketones is 1. The van der Waals surface area contributed by atoms with Crippen molar-refractivity contribution in [2.45, 2.75) is 47.0 Å². The number of hydrogen-bond acceptors (Lipinski definition) is 2. The predicted octanol–water partition coefficient (Wildman–Crippen LogP) is 2.81. The van der Waals surface area contributed by atoms with E-state index in [9.17, 15) is 4.79 Å². The first-order valence-electron chi connectivity index (χ1n) is 5.09. The Labute approximate surface area is 81.7 Å². The van der Waals surface area contributed by atoms with Crippen LogP contribution < -0.4 is 0 Å². The third-order valence-corrected chi connectivity index (χ3v) is 1.95. The first-order valence-corrected chi connectivity index (χ1v) is 5.09. The topological polar surface area (TPSA) is 26.3 Å². The van der Waals surface area contributed by atoms with Gasteiger partial charge in [-0.3, -0.25) is 4.79 Å². The van der Waals surface area contributed by atoms with Crippen LogP contribution in [-0.2, 0) is 9.53 Å². The fraction of sp³-hybridized carbons (Fsp3) is 0.909. The van der Waals surface area contributed by atoms with Gasteiger partial charge in [-0.2, -0.15) is 0 Å². The minimum Gasteiger partial charge on any atom is -0.381 e. The lowest BCUT2D eigenvalue weighted by Crippen LogP contribution is -2.21. The van der Waals surface area contributed by atoms with Crippen molar-refractivity contribution in [1.82, 2.24) is 0 Å². The second kappa shape index (κ2) is 6.14. The molecule has 0 radical (unpaired) electrons. The SMILES string of the molecule is CCCCOCCC(=O)C(C)(C)C. The van der Waals surface area contributed by atoms with Gasteiger partial charge in [-0.05, 0) is 6.42 Å². The molecule has 0 N–H and O–H groups in total. The molecule has 0 bridgehead atoms. The average molecular weight is 186 g/mol. The molecule has 0 unspecified atom stereocenters. The van der Waals surface area contributed by atoms with Crippen molar-refractivity contribution >= 4 is 5.78 Å². The van der Waals surface area contributed by atoms with E-state index in [-0.39, 0.29) is 11.2 Å². The molecular formula is C11H22O2. The van der Waals surface area contributed by atoms with Gasteiger partial charge in [-0.15, -0.1) is 0 Å². The molecule has 78 valence electrons. The Morgan fingerprint density at radius 3 is 2.31 bits per heavy atom. The van der Waals surface area contributed by atoms with E-state index in [1.807, 2.05) is 20.8 Å². The molecule has 13 heavy (non-hydrogen) atoms. The van der Waals surface area contributed by atoms with Gasteiger partial charge in [-0.1, -0.05) is 34.1 Å². The van der Waals surface area contributed by atoms with Crippen LogP contribution in [-0.4, -0.2) is 19.0 Å². The third-order valence-electron chi connectivity index (χ3n) is 1.95. The fourth-order valence-electron chi connectivity index (χ4n) is 0.888. The molecule has 0 aliphatic rings. The zero-order chi connectivity index (χ0) is 10.3. The molecule has 0 saturated carbocycles. The van der Waals surface area contributed by atoms with Gasteiger partial charge in [0.1, 0.15) is 5.78 Å². The highest BCUT2D eigenvalue weighted by Crippen LogP contribution is 2.16. The average Bonchev–Trinajstić information content (AvgIpc) is 2.02. The number of ether oxygens (including phenoxy) is 1. The third kappa shape index (κ3) is 6.76. The lowest BCUT2D eigenvalue weighted by atomic mass is 9.89. The highest BCUT2D eigenvalue weighted by Gasteiger charge is 2.20. The summed E-state index contributed by atoms with van der Waals surface area (Å²) in [5.74, 6) is 0.281. The van der Waals surface area contributed by atoms with Crippen molar-refractivity contribution in [3.63, 3.8) is 0 Å². The summed E-state index contributed by atoms with van der Waals surface area (Å²) in [4.78, 5) is 11.4. The largest absolute Gasteiger partial charge is 0.381 e. The van der Waals surface area contributed by atoms with Gasteiger partial charge in [0.2, 0.25) is 0 Å². The highest BCUT2D eigenvalue weighted by molar-refractivity contribution is 5.83. The van der Waals surface area contributed by atoms with Crippen LogP contribution in [0.15, 0.2) is 0 Å². The molecule has 0 atom stereocenters. The van der Waals surface area contributed by atoms with Crippen molar-refractivity contribution in [1.29, 1.82) is 0 Å². The van der Waals surface area contributed by atoms with E-state index in [0.717, 1.165) is 19.4 Å². The molecular weight excluding hydrogens is 164 g/mol. The summed E-state index contributed by atoms with van der Waals surface area (Å²) in [6, 6.07) is 0. The molecule has 0 rings (SSSR count). The van der Waals surface area contributed by atoms with Crippen molar-refractivity contribution in [3.8, 4) is 0 Å². The number of rotatable bonds is 6. The summed E-state index contributed by atoms with van der Waals surface area (Å²) >= 11 is 0. The van der Waals surface area contributed by atoms with Gasteiger partial charge in [0.15, 0.2) is 0 Å². The summed E-state index contributed by atoms with van der Waals surface area (Å²) < 4.78 is 5.32. The Balaban J connectivity index is 3.38. The second-order valence-corrected chi connectivity index (χ2v) is 4.39. The van der Waals surface area contributed by atoms with E-state index in [2.05, 4.69) is 6.92 Å². The molecule has 0 fully saturated rings. The predicted molar refractivity (Wildman–Crippen MR) is 54.8 cm³/mol. The summed E-state index contributed by atoms with van der Waals surface area (Å²) in [5.41, 5.74) is -0.214. The summed E-state index contributed by atoms with van der Waals surface area (Å²) in [7, 11) is 0. The van der Waals surface area contributed by atoms with Gasteiger partial charge in [0, 0.05) is 18.4 Å². The fourth-order valence-corrected chi connectivity index (χ4v) is 0.888. The molecule has 0 aliphatic heterocycles. The normalized spacial score (nSPS) is 11.7. The minimum atomic E-state index is -0.214. The number of carbonyl (C=O) groups is 1. The minimum absolute atomic E-state index is 0.214. The van der Waals surface area contributed by atoms with E-state index in [1.165, 1.54) is 0 Å². The Morgan fingerprint density at radius 1 is 1.23 bits per heavy atom. The molecule has 0 aromatic rings. The Morgan fingerprint density at radius 2 is 1.85 bits per heavy atom. The van der Waals surface area contributed by atoms with Crippen LogP contribution in [0.4, 0.5) is 0 Å². The van der Waals surface area contributed by atoms with Crippen LogP contribution in [0.5, 0.6) is 0 Å². The molecule has 0 saturated heterocycles. The van der Waals surface area contributed by atoms with Crippen LogP contribution in [0.3, 0.4) is 0 Å². The molecule has 2 heteroatoms. The monoisotopic (exact) mass is 186 g/mol. The molecule has 2 nitrogen and oxygen atoms in total. The van der Waals surface area contributed by atoms with Gasteiger partial charge in [-0.25, -0.2) is 0 Å². The summed E-state index contributed by atoms with van der Waals surface area (Å²) in [6.07, 6.45) is 2.78. The van der Waals surface area contributed by atoms with E-state index >= 15 is 0 Å². The van der Waals surface area contributed by atoms with Gasteiger partial charge in [0.25, 0.3) is 0 Å². The van der Waals surface area contributed by atoms with Crippen molar-refractivity contribution in [3.05, 3.63) is 0 Å².